The number of morpholine rings is 1. The van der Waals surface area contributed by atoms with Crippen molar-refractivity contribution in [2.24, 2.45) is 17.6 Å². The highest BCUT2D eigenvalue weighted by Crippen LogP contribution is 2.30. The molecule has 0 unspecified atom stereocenters. The molecule has 0 radical (unpaired) electrons. The number of aromatic nitrogens is 2. The normalized spacial score (nSPS) is 19.5. The Labute approximate surface area is 279 Å². The maximum absolute atomic E-state index is 13.7. The first-order valence-corrected chi connectivity index (χ1v) is 17.9. The monoisotopic (exact) mass is 674 g/mol. The summed E-state index contributed by atoms with van der Waals surface area (Å²) < 4.78 is 33.4. The number of rotatable bonds is 10. The highest BCUT2D eigenvalue weighted by atomic mass is 32.2. The van der Waals surface area contributed by atoms with Crippen LogP contribution in [0.1, 0.15) is 36.8 Å². The number of hydrogen-bond acceptors (Lipinski definition) is 7. The van der Waals surface area contributed by atoms with Crippen molar-refractivity contribution in [2.45, 2.75) is 50.0 Å². The predicted molar refractivity (Wildman–Crippen MR) is 184 cm³/mol. The highest BCUT2D eigenvalue weighted by Gasteiger charge is 2.30. The van der Waals surface area contributed by atoms with Crippen LogP contribution in [0.3, 0.4) is 0 Å². The third-order valence-corrected chi connectivity index (χ3v) is 11.4. The summed E-state index contributed by atoms with van der Waals surface area (Å²) in [6.07, 6.45) is 3.47. The molecule has 3 aromatic carbocycles. The second kappa shape index (κ2) is 14.4. The number of benzene rings is 3. The summed E-state index contributed by atoms with van der Waals surface area (Å²) in [5.41, 5.74) is 10.0. The maximum atomic E-state index is 13.7. The molecule has 1 saturated heterocycles. The van der Waals surface area contributed by atoms with Gasteiger partial charge in [0, 0.05) is 31.1 Å². The van der Waals surface area contributed by atoms with Gasteiger partial charge in [0.25, 0.3) is 5.56 Å². The van der Waals surface area contributed by atoms with E-state index in [1.165, 1.54) is 4.31 Å². The molecule has 0 spiro atoms. The van der Waals surface area contributed by atoms with Crippen molar-refractivity contribution in [3.63, 3.8) is 0 Å². The zero-order valence-corrected chi connectivity index (χ0v) is 27.8. The molecule has 2 aliphatic rings. The summed E-state index contributed by atoms with van der Waals surface area (Å²) in [7, 11) is -3.66. The van der Waals surface area contributed by atoms with E-state index in [9.17, 15) is 22.8 Å². The van der Waals surface area contributed by atoms with Gasteiger partial charge in [0.15, 0.2) is 0 Å². The number of aromatic amines is 2. The van der Waals surface area contributed by atoms with Crippen LogP contribution in [0, 0.1) is 18.8 Å². The van der Waals surface area contributed by atoms with E-state index in [0.29, 0.717) is 55.4 Å². The summed E-state index contributed by atoms with van der Waals surface area (Å²) in [6, 6.07) is 16.9. The van der Waals surface area contributed by atoms with Gasteiger partial charge in [0.05, 0.1) is 29.0 Å². The Bertz CT molecular complexity index is 1940. The topological polar surface area (TPSA) is 179 Å². The lowest BCUT2D eigenvalue weighted by Gasteiger charge is -2.28. The van der Waals surface area contributed by atoms with Gasteiger partial charge in [0.1, 0.15) is 6.04 Å². The molecule has 13 heteroatoms. The van der Waals surface area contributed by atoms with Gasteiger partial charge in [-0.05, 0) is 97.7 Å². The lowest BCUT2D eigenvalue weighted by atomic mass is 9.81. The number of nitrogens with zero attached hydrogens (tertiary/aromatic N) is 1. The third kappa shape index (κ3) is 7.39. The van der Waals surface area contributed by atoms with E-state index < -0.39 is 16.1 Å². The quantitative estimate of drug-likeness (QED) is 0.171. The van der Waals surface area contributed by atoms with Gasteiger partial charge < -0.3 is 21.1 Å². The Morgan fingerprint density at radius 2 is 1.71 bits per heavy atom. The Balaban J connectivity index is 1.21. The van der Waals surface area contributed by atoms with Gasteiger partial charge in [0.2, 0.25) is 21.8 Å². The van der Waals surface area contributed by atoms with Gasteiger partial charge in [-0.3, -0.25) is 24.6 Å². The van der Waals surface area contributed by atoms with Crippen molar-refractivity contribution in [1.82, 2.24) is 19.8 Å². The fraction of sp³-hybridized carbons (Fsp3) is 0.400. The average molecular weight is 675 g/mol. The van der Waals surface area contributed by atoms with Crippen LogP contribution in [0.4, 0.5) is 5.69 Å². The number of sulfonamides is 1. The van der Waals surface area contributed by atoms with Crippen LogP contribution in [-0.2, 0) is 30.8 Å². The van der Waals surface area contributed by atoms with Gasteiger partial charge in [-0.25, -0.2) is 8.42 Å². The number of ether oxygens (including phenoxy) is 1. The third-order valence-electron chi connectivity index (χ3n) is 9.55. The first-order chi connectivity index (χ1) is 23.1. The fourth-order valence-corrected chi connectivity index (χ4v) is 8.00. The Kier molecular flexibility index (Phi) is 10.1. The second-order valence-electron chi connectivity index (χ2n) is 12.7. The molecule has 254 valence electrons. The number of H-pyrrole nitrogens is 2. The van der Waals surface area contributed by atoms with Crippen molar-refractivity contribution in [3.05, 3.63) is 82.1 Å². The van der Waals surface area contributed by atoms with E-state index >= 15 is 0 Å². The van der Waals surface area contributed by atoms with E-state index in [1.54, 1.807) is 30.3 Å². The number of nitrogens with one attached hydrogen (secondary N) is 4. The molecule has 1 aliphatic heterocycles. The van der Waals surface area contributed by atoms with E-state index in [-0.39, 0.29) is 34.6 Å². The van der Waals surface area contributed by atoms with Crippen LogP contribution in [0.5, 0.6) is 0 Å². The molecule has 1 saturated carbocycles. The molecule has 6 N–H and O–H groups in total. The average Bonchev–Trinajstić information content (AvgIpc) is 3.48. The molecule has 48 heavy (non-hydrogen) atoms. The number of aryl methyl sites for hydroxylation is 1. The summed E-state index contributed by atoms with van der Waals surface area (Å²) >= 11 is 0. The van der Waals surface area contributed by atoms with Crippen LogP contribution in [0.2, 0.25) is 0 Å². The van der Waals surface area contributed by atoms with Crippen LogP contribution in [0.25, 0.3) is 22.0 Å². The fourth-order valence-electron chi connectivity index (χ4n) is 6.57. The van der Waals surface area contributed by atoms with Gasteiger partial charge in [-0.2, -0.15) is 4.31 Å². The molecule has 1 aliphatic carbocycles. The number of hydrogen-bond donors (Lipinski definition) is 5. The molecular formula is C35H42N6O6S. The Hall–Kier alpha value is -4.30. The van der Waals surface area contributed by atoms with Gasteiger partial charge >= 0.3 is 0 Å². The summed E-state index contributed by atoms with van der Waals surface area (Å²) in [5, 5.41) is 11.7. The first kappa shape index (κ1) is 33.6. The maximum Gasteiger partial charge on any atom is 0.271 e. The van der Waals surface area contributed by atoms with Crippen LogP contribution >= 0.6 is 0 Å². The molecule has 12 nitrogen and oxygen atoms in total. The Morgan fingerprint density at radius 1 is 0.979 bits per heavy atom. The van der Waals surface area contributed by atoms with E-state index in [4.69, 9.17) is 10.5 Å². The minimum Gasteiger partial charge on any atom is -0.379 e. The lowest BCUT2D eigenvalue weighted by Crippen LogP contribution is -2.48. The Morgan fingerprint density at radius 3 is 2.42 bits per heavy atom. The summed E-state index contributed by atoms with van der Waals surface area (Å²) in [4.78, 5) is 39.3. The number of carbonyl (C=O) groups is 2. The predicted octanol–water partition coefficient (Wildman–Crippen LogP) is 3.28. The van der Waals surface area contributed by atoms with Gasteiger partial charge in [-0.1, -0.05) is 30.3 Å². The van der Waals surface area contributed by atoms with Crippen LogP contribution < -0.4 is 21.9 Å². The van der Waals surface area contributed by atoms with Gasteiger partial charge in [-0.15, -0.1) is 0 Å². The van der Waals surface area contributed by atoms with Crippen LogP contribution in [-0.4, -0.2) is 73.6 Å². The zero-order valence-electron chi connectivity index (χ0n) is 27.0. The summed E-state index contributed by atoms with van der Waals surface area (Å²) in [6.45, 7) is 3.93. The highest BCUT2D eigenvalue weighted by molar-refractivity contribution is 7.89. The molecule has 4 aromatic rings. The first-order valence-electron chi connectivity index (χ1n) is 16.4. The molecule has 0 bridgehead atoms. The molecule has 6 rings (SSSR count). The van der Waals surface area contributed by atoms with Crippen molar-refractivity contribution >= 4 is 38.4 Å². The second-order valence-corrected chi connectivity index (χ2v) is 14.7. The van der Waals surface area contributed by atoms with E-state index in [1.807, 2.05) is 37.3 Å². The van der Waals surface area contributed by atoms with Crippen LogP contribution in [0.15, 0.2) is 70.4 Å². The number of carbonyl (C=O) groups excluding carboxylic acids is 2. The minimum atomic E-state index is -3.66. The van der Waals surface area contributed by atoms with Crippen molar-refractivity contribution in [3.8, 4) is 11.1 Å². The smallest absolute Gasteiger partial charge is 0.271 e. The number of amides is 2. The molecule has 2 fully saturated rings. The van der Waals surface area contributed by atoms with E-state index in [2.05, 4.69) is 20.8 Å². The largest absolute Gasteiger partial charge is 0.379 e. The van der Waals surface area contributed by atoms with Crippen molar-refractivity contribution in [2.75, 3.05) is 38.2 Å². The SMILES string of the molecule is Cc1ccc(S(=O)(=O)N2CCOCC2)cc1-c1ccc(C[C@H](NC(=O)C2CCC(CN)CC2)C(=O)Nc2ccc3c(=O)[nH][nH]c3c2)cc1. The zero-order chi connectivity index (χ0) is 33.8. The summed E-state index contributed by atoms with van der Waals surface area (Å²) in [5.74, 6) is -0.292. The lowest BCUT2D eigenvalue weighted by molar-refractivity contribution is -0.130. The number of fused-ring (bicyclic) bond motifs is 1. The van der Waals surface area contributed by atoms with Crippen molar-refractivity contribution in [1.29, 1.82) is 0 Å². The standard InChI is InChI=1S/C35H42N6O6S/c1-22-2-12-28(48(45,46)41-14-16-47-17-15-41)20-30(22)25-7-3-23(4-8-25)18-32(38-33(42)26-9-5-24(21-36)6-10-26)35(44)37-27-11-13-29-31(19-27)39-40-34(29)43/h2-4,7-8,11-13,19-20,24,26,32H,5-6,9-10,14-18,21,36H2,1H3,(H,37,44)(H,38,42)(H2,39,40,43)/t24?,26?,32-/m0/s1. The molecule has 1 aromatic heterocycles. The van der Waals surface area contributed by atoms with Crippen molar-refractivity contribution < 1.29 is 22.7 Å². The molecule has 1 atom stereocenters. The van der Waals surface area contributed by atoms with E-state index in [0.717, 1.165) is 47.9 Å². The molecular weight excluding hydrogens is 632 g/mol. The minimum absolute atomic E-state index is 0.151. The number of nitrogens with two attached hydrogens (primary N) is 1. The molecule has 2 amide bonds. The molecule has 2 heterocycles. The number of anilines is 1.